The maximum atomic E-state index is 12.6. The molecule has 0 aromatic heterocycles. The van der Waals surface area contributed by atoms with E-state index in [-0.39, 0.29) is 12.7 Å². The van der Waals surface area contributed by atoms with E-state index in [4.69, 9.17) is 14.2 Å². The Labute approximate surface area is 164 Å². The first-order valence-corrected chi connectivity index (χ1v) is 10.5. The molecule has 0 saturated carbocycles. The van der Waals surface area contributed by atoms with Crippen molar-refractivity contribution in [3.63, 3.8) is 0 Å². The summed E-state index contributed by atoms with van der Waals surface area (Å²) in [4.78, 5) is 12.6. The number of nitrogens with one attached hydrogen (secondary N) is 1. The zero-order chi connectivity index (χ0) is 20.3. The Kier molecular flexibility index (Phi) is 5.64. The molecule has 0 unspecified atom stereocenters. The first kappa shape index (κ1) is 19.8. The maximum Gasteiger partial charge on any atom is 0.265 e. The first-order chi connectivity index (χ1) is 13.3. The third kappa shape index (κ3) is 4.48. The number of hydrogen-bond donors (Lipinski definition) is 1. The van der Waals surface area contributed by atoms with E-state index in [2.05, 4.69) is 5.32 Å². The van der Waals surface area contributed by atoms with Crippen LogP contribution in [0.15, 0.2) is 42.5 Å². The fourth-order valence-corrected chi connectivity index (χ4v) is 3.11. The van der Waals surface area contributed by atoms with Crippen molar-refractivity contribution in [3.05, 3.63) is 42.5 Å². The number of fused-ring (bicyclic) bond motifs is 1. The molecule has 8 nitrogen and oxygen atoms in total. The molecular formula is C19H22N2O6S. The summed E-state index contributed by atoms with van der Waals surface area (Å²) in [5, 5.41) is 2.81. The molecule has 1 amide bonds. The van der Waals surface area contributed by atoms with Crippen molar-refractivity contribution < 1.29 is 27.4 Å². The zero-order valence-electron chi connectivity index (χ0n) is 15.8. The van der Waals surface area contributed by atoms with Gasteiger partial charge in [-0.2, -0.15) is 0 Å². The van der Waals surface area contributed by atoms with E-state index in [0.717, 1.165) is 6.26 Å². The van der Waals surface area contributed by atoms with Gasteiger partial charge in [0.15, 0.2) is 17.6 Å². The lowest BCUT2D eigenvalue weighted by molar-refractivity contribution is -0.122. The molecule has 9 heteroatoms. The number of amides is 1. The maximum absolute atomic E-state index is 12.6. The van der Waals surface area contributed by atoms with Crippen LogP contribution in [0.3, 0.4) is 0 Å². The van der Waals surface area contributed by atoms with Crippen LogP contribution in [0.4, 0.5) is 11.4 Å². The Bertz CT molecular complexity index is 959. The van der Waals surface area contributed by atoms with Gasteiger partial charge in [0.2, 0.25) is 16.8 Å². The Balaban J connectivity index is 1.65. The molecule has 1 heterocycles. The van der Waals surface area contributed by atoms with Crippen LogP contribution in [0, 0.1) is 0 Å². The van der Waals surface area contributed by atoms with Gasteiger partial charge >= 0.3 is 0 Å². The number of nitrogens with zero attached hydrogens (tertiary/aromatic N) is 1. The number of benzene rings is 2. The van der Waals surface area contributed by atoms with Gasteiger partial charge in [-0.25, -0.2) is 8.42 Å². The molecule has 0 fully saturated rings. The highest BCUT2D eigenvalue weighted by Gasteiger charge is 2.21. The number of hydrogen-bond acceptors (Lipinski definition) is 6. The second-order valence-corrected chi connectivity index (χ2v) is 8.31. The summed E-state index contributed by atoms with van der Waals surface area (Å²) >= 11 is 0. The molecular weight excluding hydrogens is 384 g/mol. The van der Waals surface area contributed by atoms with Gasteiger partial charge < -0.3 is 19.5 Å². The van der Waals surface area contributed by atoms with E-state index in [1.165, 1.54) is 11.4 Å². The van der Waals surface area contributed by atoms with Crippen molar-refractivity contribution in [3.8, 4) is 17.2 Å². The van der Waals surface area contributed by atoms with Crippen LogP contribution in [0.1, 0.15) is 13.3 Å². The molecule has 1 N–H and O–H groups in total. The lowest BCUT2D eigenvalue weighted by Crippen LogP contribution is -2.32. The third-order valence-corrected chi connectivity index (χ3v) is 5.49. The molecule has 1 aliphatic heterocycles. The van der Waals surface area contributed by atoms with E-state index >= 15 is 0 Å². The highest BCUT2D eigenvalue weighted by molar-refractivity contribution is 7.92. The Morgan fingerprint density at radius 2 is 1.86 bits per heavy atom. The largest absolute Gasteiger partial charge is 0.481 e. The summed E-state index contributed by atoms with van der Waals surface area (Å²) in [6.07, 6.45) is 0.885. The van der Waals surface area contributed by atoms with E-state index in [1.54, 1.807) is 42.5 Å². The Hall–Kier alpha value is -2.94. The van der Waals surface area contributed by atoms with Crippen LogP contribution in [0.25, 0.3) is 0 Å². The van der Waals surface area contributed by atoms with Gasteiger partial charge in [0, 0.05) is 18.8 Å². The summed E-state index contributed by atoms with van der Waals surface area (Å²) in [6, 6.07) is 11.7. The summed E-state index contributed by atoms with van der Waals surface area (Å²) in [7, 11) is -1.87. The third-order valence-electron chi connectivity index (χ3n) is 4.28. The first-order valence-electron chi connectivity index (χ1n) is 8.69. The number of carbonyl (C=O) groups excluding carboxylic acids is 1. The van der Waals surface area contributed by atoms with Crippen LogP contribution in [-0.2, 0) is 14.8 Å². The molecule has 1 atom stereocenters. The van der Waals surface area contributed by atoms with Crippen LogP contribution in [-0.4, -0.2) is 40.5 Å². The highest BCUT2D eigenvalue weighted by Crippen LogP contribution is 2.34. The normalized spacial score (nSPS) is 13.7. The fourth-order valence-electron chi connectivity index (χ4n) is 2.61. The van der Waals surface area contributed by atoms with Gasteiger partial charge in [0.25, 0.3) is 5.91 Å². The number of ether oxygens (including phenoxy) is 3. The summed E-state index contributed by atoms with van der Waals surface area (Å²) in [6.45, 7) is 2.01. The van der Waals surface area contributed by atoms with Gasteiger partial charge in [-0.1, -0.05) is 6.92 Å². The summed E-state index contributed by atoms with van der Waals surface area (Å²) < 4.78 is 40.7. The predicted molar refractivity (Wildman–Crippen MR) is 106 cm³/mol. The minimum atomic E-state index is -3.34. The standard InChI is InChI=1S/C19H22N2O6S/c1-4-16(19(22)20-13-5-10-17-18(11-13)26-12-25-17)27-15-8-6-14(7-9-15)21(2)28(3,23)24/h5-11,16H,4,12H2,1-3H3,(H,20,22)/t16-/m0/s1. The van der Waals surface area contributed by atoms with Crippen LogP contribution in [0.2, 0.25) is 0 Å². The molecule has 3 rings (SSSR count). The smallest absolute Gasteiger partial charge is 0.265 e. The minimum absolute atomic E-state index is 0.165. The van der Waals surface area contributed by atoms with Crippen molar-refractivity contribution in [2.45, 2.75) is 19.4 Å². The van der Waals surface area contributed by atoms with Crippen LogP contribution < -0.4 is 23.8 Å². The van der Waals surface area contributed by atoms with Crippen LogP contribution in [0.5, 0.6) is 17.2 Å². The number of rotatable bonds is 7. The number of carbonyl (C=O) groups is 1. The second kappa shape index (κ2) is 7.97. The molecule has 2 aromatic carbocycles. The molecule has 1 aliphatic rings. The van der Waals surface area contributed by atoms with Gasteiger partial charge in [-0.15, -0.1) is 0 Å². The zero-order valence-corrected chi connectivity index (χ0v) is 16.7. The number of sulfonamides is 1. The van der Waals surface area contributed by atoms with E-state index in [1.807, 2.05) is 6.92 Å². The van der Waals surface area contributed by atoms with Crippen molar-refractivity contribution >= 4 is 27.3 Å². The fraction of sp³-hybridized carbons (Fsp3) is 0.316. The van der Waals surface area contributed by atoms with Gasteiger partial charge in [-0.05, 0) is 42.8 Å². The van der Waals surface area contributed by atoms with Crippen molar-refractivity contribution in [2.24, 2.45) is 0 Å². The minimum Gasteiger partial charge on any atom is -0.481 e. The molecule has 0 aliphatic carbocycles. The molecule has 0 bridgehead atoms. The lowest BCUT2D eigenvalue weighted by Gasteiger charge is -2.19. The quantitative estimate of drug-likeness (QED) is 0.760. The average molecular weight is 406 g/mol. The van der Waals surface area contributed by atoms with Crippen molar-refractivity contribution in [2.75, 3.05) is 29.7 Å². The van der Waals surface area contributed by atoms with E-state index in [9.17, 15) is 13.2 Å². The van der Waals surface area contributed by atoms with E-state index in [0.29, 0.717) is 35.0 Å². The van der Waals surface area contributed by atoms with Crippen molar-refractivity contribution in [1.82, 2.24) is 0 Å². The SMILES string of the molecule is CC[C@H](Oc1ccc(N(C)S(C)(=O)=O)cc1)C(=O)Nc1ccc2c(c1)OCO2. The van der Waals surface area contributed by atoms with Gasteiger partial charge in [0.1, 0.15) is 5.75 Å². The predicted octanol–water partition coefficient (Wildman–Crippen LogP) is 2.61. The van der Waals surface area contributed by atoms with Crippen LogP contribution >= 0.6 is 0 Å². The van der Waals surface area contributed by atoms with Gasteiger partial charge in [-0.3, -0.25) is 9.10 Å². The molecule has 0 radical (unpaired) electrons. The Morgan fingerprint density at radius 3 is 2.50 bits per heavy atom. The monoisotopic (exact) mass is 406 g/mol. The summed E-state index contributed by atoms with van der Waals surface area (Å²) in [5.74, 6) is 1.40. The Morgan fingerprint density at radius 1 is 1.18 bits per heavy atom. The van der Waals surface area contributed by atoms with Crippen molar-refractivity contribution in [1.29, 1.82) is 0 Å². The molecule has 2 aromatic rings. The van der Waals surface area contributed by atoms with E-state index < -0.39 is 16.1 Å². The summed E-state index contributed by atoms with van der Waals surface area (Å²) in [5.41, 5.74) is 1.09. The molecule has 0 spiro atoms. The lowest BCUT2D eigenvalue weighted by atomic mass is 10.2. The average Bonchev–Trinajstić information content (AvgIpc) is 3.13. The van der Waals surface area contributed by atoms with Gasteiger partial charge in [0.05, 0.1) is 11.9 Å². The number of anilines is 2. The molecule has 28 heavy (non-hydrogen) atoms. The second-order valence-electron chi connectivity index (χ2n) is 6.30. The molecule has 150 valence electrons. The highest BCUT2D eigenvalue weighted by atomic mass is 32.2. The topological polar surface area (TPSA) is 94.2 Å². The molecule has 0 saturated heterocycles.